The van der Waals surface area contributed by atoms with E-state index in [0.29, 0.717) is 6.42 Å². The van der Waals surface area contributed by atoms with Gasteiger partial charge in [0.1, 0.15) is 0 Å². The lowest BCUT2D eigenvalue weighted by Crippen LogP contribution is -2.52. The summed E-state index contributed by atoms with van der Waals surface area (Å²) in [7, 11) is 0. The number of amides is 1. The molecule has 1 fully saturated rings. The molecule has 1 aliphatic heterocycles. The van der Waals surface area contributed by atoms with E-state index in [2.05, 4.69) is 22.4 Å². The minimum Gasteiger partial charge on any atom is -0.337 e. The second kappa shape index (κ2) is 4.44. The number of rotatable bonds is 2. The molecule has 1 amide bonds. The number of hydrogen-bond donors (Lipinski definition) is 2. The van der Waals surface area contributed by atoms with Crippen LogP contribution in [0, 0.1) is 0 Å². The lowest BCUT2D eigenvalue weighted by atomic mass is 10.2. The smallest absolute Gasteiger partial charge is 0.228 e. The fourth-order valence-electron chi connectivity index (χ4n) is 1.86. The highest BCUT2D eigenvalue weighted by Crippen LogP contribution is 2.06. The molecule has 1 aromatic heterocycles. The Morgan fingerprint density at radius 3 is 3.27 bits per heavy atom. The van der Waals surface area contributed by atoms with Crippen LogP contribution in [0.4, 0.5) is 0 Å². The number of piperazine rings is 1. The molecule has 1 aromatic rings. The maximum Gasteiger partial charge on any atom is 0.228 e. The van der Waals surface area contributed by atoms with Crippen molar-refractivity contribution in [3.63, 3.8) is 0 Å². The molecular weight excluding hydrogens is 192 g/mol. The van der Waals surface area contributed by atoms with Gasteiger partial charge in [-0.05, 0) is 13.0 Å². The highest BCUT2D eigenvalue weighted by molar-refractivity contribution is 5.78. The minimum atomic E-state index is 0.174. The number of hydrogen-bond acceptors (Lipinski definition) is 3. The Labute approximate surface area is 88.8 Å². The predicted octanol–water partition coefficient (Wildman–Crippen LogP) is -0.227. The van der Waals surface area contributed by atoms with Gasteiger partial charge in [-0.3, -0.25) is 9.89 Å². The largest absolute Gasteiger partial charge is 0.337 e. The van der Waals surface area contributed by atoms with Gasteiger partial charge in [-0.15, -0.1) is 0 Å². The number of aromatic nitrogens is 2. The van der Waals surface area contributed by atoms with Gasteiger partial charge in [0.2, 0.25) is 5.91 Å². The molecule has 5 heteroatoms. The maximum atomic E-state index is 11.9. The Kier molecular flexibility index (Phi) is 3.01. The van der Waals surface area contributed by atoms with Crippen LogP contribution in [0.1, 0.15) is 12.6 Å². The highest BCUT2D eigenvalue weighted by atomic mass is 16.2. The molecule has 0 spiro atoms. The van der Waals surface area contributed by atoms with Gasteiger partial charge in [-0.1, -0.05) is 0 Å². The van der Waals surface area contributed by atoms with Crippen molar-refractivity contribution in [2.45, 2.75) is 19.4 Å². The average molecular weight is 208 g/mol. The van der Waals surface area contributed by atoms with Crippen LogP contribution in [-0.2, 0) is 11.2 Å². The summed E-state index contributed by atoms with van der Waals surface area (Å²) in [4.78, 5) is 13.9. The van der Waals surface area contributed by atoms with E-state index in [4.69, 9.17) is 0 Å². The zero-order valence-corrected chi connectivity index (χ0v) is 8.86. The fraction of sp³-hybridized carbons (Fsp3) is 0.600. The minimum absolute atomic E-state index is 0.174. The van der Waals surface area contributed by atoms with Gasteiger partial charge in [-0.2, -0.15) is 5.10 Å². The molecule has 0 radical (unpaired) electrons. The Morgan fingerprint density at radius 2 is 2.60 bits per heavy atom. The van der Waals surface area contributed by atoms with Crippen molar-refractivity contribution >= 4 is 5.91 Å². The van der Waals surface area contributed by atoms with E-state index in [1.165, 1.54) is 0 Å². The van der Waals surface area contributed by atoms with Crippen molar-refractivity contribution in [1.82, 2.24) is 20.4 Å². The summed E-state index contributed by atoms with van der Waals surface area (Å²) in [5, 5.41) is 9.90. The van der Waals surface area contributed by atoms with E-state index < -0.39 is 0 Å². The van der Waals surface area contributed by atoms with Crippen molar-refractivity contribution in [1.29, 1.82) is 0 Å². The Bertz CT molecular complexity index is 322. The van der Waals surface area contributed by atoms with Crippen molar-refractivity contribution in [2.24, 2.45) is 0 Å². The normalized spacial score (nSPS) is 21.7. The quantitative estimate of drug-likeness (QED) is 0.706. The first-order valence-corrected chi connectivity index (χ1v) is 5.26. The second-order valence-corrected chi connectivity index (χ2v) is 3.90. The number of nitrogens with one attached hydrogen (secondary N) is 2. The molecule has 0 aliphatic carbocycles. The number of nitrogens with zero attached hydrogens (tertiary/aromatic N) is 2. The second-order valence-electron chi connectivity index (χ2n) is 3.90. The van der Waals surface area contributed by atoms with Gasteiger partial charge in [0.15, 0.2) is 0 Å². The van der Waals surface area contributed by atoms with Crippen LogP contribution in [0.25, 0.3) is 0 Å². The van der Waals surface area contributed by atoms with Crippen LogP contribution in [0.3, 0.4) is 0 Å². The molecule has 0 bridgehead atoms. The molecule has 5 nitrogen and oxygen atoms in total. The van der Waals surface area contributed by atoms with Gasteiger partial charge in [0, 0.05) is 37.6 Å². The Hall–Kier alpha value is -1.36. The molecule has 0 saturated carbocycles. The van der Waals surface area contributed by atoms with Crippen LogP contribution in [0.15, 0.2) is 12.3 Å². The van der Waals surface area contributed by atoms with E-state index in [1.807, 2.05) is 11.0 Å². The summed E-state index contributed by atoms with van der Waals surface area (Å²) in [5.41, 5.74) is 0.880. The number of H-pyrrole nitrogens is 1. The van der Waals surface area contributed by atoms with Crippen molar-refractivity contribution in [3.8, 4) is 0 Å². The van der Waals surface area contributed by atoms with Crippen LogP contribution in [-0.4, -0.2) is 46.7 Å². The topological polar surface area (TPSA) is 61.0 Å². The first kappa shape index (κ1) is 10.2. The van der Waals surface area contributed by atoms with Gasteiger partial charge in [0.05, 0.1) is 6.42 Å². The number of carbonyl (C=O) groups excluding carboxylic acids is 1. The van der Waals surface area contributed by atoms with Gasteiger partial charge < -0.3 is 10.2 Å². The van der Waals surface area contributed by atoms with Crippen LogP contribution < -0.4 is 5.32 Å². The van der Waals surface area contributed by atoms with E-state index in [9.17, 15) is 4.79 Å². The molecule has 2 N–H and O–H groups in total. The Balaban J connectivity index is 1.95. The molecule has 2 rings (SSSR count). The molecular formula is C10H16N4O. The predicted molar refractivity (Wildman–Crippen MR) is 56.3 cm³/mol. The van der Waals surface area contributed by atoms with Gasteiger partial charge >= 0.3 is 0 Å². The zero-order valence-electron chi connectivity index (χ0n) is 8.86. The molecule has 82 valence electrons. The zero-order chi connectivity index (χ0) is 10.7. The van der Waals surface area contributed by atoms with Crippen molar-refractivity contribution in [2.75, 3.05) is 19.6 Å². The highest BCUT2D eigenvalue weighted by Gasteiger charge is 2.22. The van der Waals surface area contributed by atoms with Crippen LogP contribution in [0.2, 0.25) is 0 Å². The number of carbonyl (C=O) groups is 1. The first-order valence-electron chi connectivity index (χ1n) is 5.26. The van der Waals surface area contributed by atoms with E-state index >= 15 is 0 Å². The summed E-state index contributed by atoms with van der Waals surface area (Å²) >= 11 is 0. The maximum absolute atomic E-state index is 11.9. The van der Waals surface area contributed by atoms with E-state index in [1.54, 1.807) is 6.20 Å². The van der Waals surface area contributed by atoms with E-state index in [-0.39, 0.29) is 11.9 Å². The third-order valence-electron chi connectivity index (χ3n) is 2.72. The van der Waals surface area contributed by atoms with E-state index in [0.717, 1.165) is 25.3 Å². The number of aromatic amines is 1. The SMILES string of the molecule is C[C@@H]1CNCCN1C(=O)Cc1ccn[nH]1. The van der Waals surface area contributed by atoms with Crippen LogP contribution >= 0.6 is 0 Å². The molecule has 15 heavy (non-hydrogen) atoms. The monoisotopic (exact) mass is 208 g/mol. The summed E-state index contributed by atoms with van der Waals surface area (Å²) < 4.78 is 0. The standard InChI is InChI=1S/C10H16N4O/c1-8-7-11-4-5-14(8)10(15)6-9-2-3-12-13-9/h2-3,8,11H,4-7H2,1H3,(H,12,13)/t8-/m1/s1. The third-order valence-corrected chi connectivity index (χ3v) is 2.72. The Morgan fingerprint density at radius 1 is 1.73 bits per heavy atom. The third kappa shape index (κ3) is 2.36. The van der Waals surface area contributed by atoms with Gasteiger partial charge in [-0.25, -0.2) is 0 Å². The molecule has 1 atom stereocenters. The molecule has 1 saturated heterocycles. The summed E-state index contributed by atoms with van der Waals surface area (Å²) in [6.07, 6.45) is 2.09. The summed E-state index contributed by atoms with van der Waals surface area (Å²) in [6.45, 7) is 4.64. The molecule has 2 heterocycles. The molecule has 0 unspecified atom stereocenters. The van der Waals surface area contributed by atoms with Crippen molar-refractivity contribution < 1.29 is 4.79 Å². The van der Waals surface area contributed by atoms with Crippen molar-refractivity contribution in [3.05, 3.63) is 18.0 Å². The molecule has 0 aromatic carbocycles. The summed E-state index contributed by atoms with van der Waals surface area (Å²) in [5.74, 6) is 0.174. The average Bonchev–Trinajstić information content (AvgIpc) is 2.71. The molecule has 1 aliphatic rings. The fourth-order valence-corrected chi connectivity index (χ4v) is 1.86. The lowest BCUT2D eigenvalue weighted by molar-refractivity contribution is -0.133. The first-order chi connectivity index (χ1) is 7.27. The van der Waals surface area contributed by atoms with Crippen LogP contribution in [0.5, 0.6) is 0 Å². The van der Waals surface area contributed by atoms with Gasteiger partial charge in [0.25, 0.3) is 0 Å². The summed E-state index contributed by atoms with van der Waals surface area (Å²) in [6, 6.07) is 2.12. The lowest BCUT2D eigenvalue weighted by Gasteiger charge is -2.33.